The Morgan fingerprint density at radius 1 is 1.28 bits per heavy atom. The summed E-state index contributed by atoms with van der Waals surface area (Å²) in [5.74, 6) is -0.0550. The summed E-state index contributed by atoms with van der Waals surface area (Å²) in [6.45, 7) is 3.88. The third-order valence-corrected chi connectivity index (χ3v) is 2.92. The summed E-state index contributed by atoms with van der Waals surface area (Å²) < 4.78 is 10.3. The molecule has 0 radical (unpaired) electrons. The molecule has 0 aromatic heterocycles. The van der Waals surface area contributed by atoms with Crippen LogP contribution in [0.5, 0.6) is 5.75 Å². The van der Waals surface area contributed by atoms with Gasteiger partial charge in [0.1, 0.15) is 5.75 Å². The fraction of sp³-hybridized carbons (Fsp3) is 0.500. The SMILES string of the molecule is COCc1cc(OC)ccc1CC(C)(C)C(=O)O. The van der Waals surface area contributed by atoms with Crippen LogP contribution in [0.4, 0.5) is 0 Å². The van der Waals surface area contributed by atoms with Crippen molar-refractivity contribution < 1.29 is 19.4 Å². The fourth-order valence-electron chi connectivity index (χ4n) is 1.74. The second kappa shape index (κ2) is 5.87. The molecule has 18 heavy (non-hydrogen) atoms. The number of carboxylic acid groups (broad SMARTS) is 1. The van der Waals surface area contributed by atoms with E-state index in [9.17, 15) is 4.79 Å². The van der Waals surface area contributed by atoms with Crippen molar-refractivity contribution in [3.8, 4) is 5.75 Å². The number of hydrogen-bond donors (Lipinski definition) is 1. The summed E-state index contributed by atoms with van der Waals surface area (Å²) >= 11 is 0. The predicted octanol–water partition coefficient (Wildman–Crippen LogP) is 2.49. The molecule has 0 saturated carbocycles. The minimum Gasteiger partial charge on any atom is -0.497 e. The number of hydrogen-bond acceptors (Lipinski definition) is 3. The zero-order valence-electron chi connectivity index (χ0n) is 11.3. The Morgan fingerprint density at radius 3 is 2.44 bits per heavy atom. The van der Waals surface area contributed by atoms with Gasteiger partial charge in [-0.2, -0.15) is 0 Å². The molecule has 1 aromatic carbocycles. The van der Waals surface area contributed by atoms with Gasteiger partial charge in [-0.25, -0.2) is 0 Å². The molecular formula is C14H20O4. The Bertz CT molecular complexity index is 424. The fourth-order valence-corrected chi connectivity index (χ4v) is 1.74. The van der Waals surface area contributed by atoms with E-state index in [-0.39, 0.29) is 0 Å². The van der Waals surface area contributed by atoms with E-state index in [1.54, 1.807) is 28.1 Å². The quantitative estimate of drug-likeness (QED) is 0.845. The Kier molecular flexibility index (Phi) is 4.73. The van der Waals surface area contributed by atoms with E-state index in [2.05, 4.69) is 0 Å². The van der Waals surface area contributed by atoms with E-state index in [1.807, 2.05) is 18.2 Å². The smallest absolute Gasteiger partial charge is 0.309 e. The van der Waals surface area contributed by atoms with Crippen molar-refractivity contribution in [2.24, 2.45) is 5.41 Å². The van der Waals surface area contributed by atoms with Gasteiger partial charge in [0.15, 0.2) is 0 Å². The number of rotatable bonds is 6. The molecule has 0 atom stereocenters. The summed E-state index contributed by atoms with van der Waals surface area (Å²) in [5.41, 5.74) is 1.15. The number of aliphatic carboxylic acids is 1. The number of carbonyl (C=O) groups is 1. The molecule has 4 heteroatoms. The number of ether oxygens (including phenoxy) is 2. The van der Waals surface area contributed by atoms with Gasteiger partial charge in [-0.05, 0) is 43.5 Å². The molecule has 0 unspecified atom stereocenters. The first-order valence-corrected chi connectivity index (χ1v) is 5.79. The number of carboxylic acids is 1. The van der Waals surface area contributed by atoms with Crippen LogP contribution in [0.15, 0.2) is 18.2 Å². The molecule has 100 valence electrons. The summed E-state index contributed by atoms with van der Waals surface area (Å²) in [6, 6.07) is 5.63. The lowest BCUT2D eigenvalue weighted by molar-refractivity contribution is -0.146. The Hall–Kier alpha value is -1.55. The van der Waals surface area contributed by atoms with E-state index >= 15 is 0 Å². The van der Waals surface area contributed by atoms with Crippen LogP contribution in [0, 0.1) is 5.41 Å². The second-order valence-electron chi connectivity index (χ2n) is 4.93. The third kappa shape index (κ3) is 3.47. The lowest BCUT2D eigenvalue weighted by Gasteiger charge is -2.21. The lowest BCUT2D eigenvalue weighted by atomic mass is 9.84. The maximum Gasteiger partial charge on any atom is 0.309 e. The summed E-state index contributed by atoms with van der Waals surface area (Å²) in [5, 5.41) is 9.17. The largest absolute Gasteiger partial charge is 0.497 e. The van der Waals surface area contributed by atoms with Crippen molar-refractivity contribution >= 4 is 5.97 Å². The van der Waals surface area contributed by atoms with E-state index in [0.717, 1.165) is 16.9 Å². The van der Waals surface area contributed by atoms with Gasteiger partial charge in [0.2, 0.25) is 0 Å². The standard InChI is InChI=1S/C14H20O4/c1-14(2,13(15)16)8-10-5-6-12(18-4)7-11(10)9-17-3/h5-7H,8-9H2,1-4H3,(H,15,16). The molecule has 1 N–H and O–H groups in total. The van der Waals surface area contributed by atoms with Crippen molar-refractivity contribution in [2.45, 2.75) is 26.9 Å². The first-order chi connectivity index (χ1) is 8.40. The van der Waals surface area contributed by atoms with Gasteiger partial charge in [-0.3, -0.25) is 4.79 Å². The Morgan fingerprint density at radius 2 is 1.94 bits per heavy atom. The van der Waals surface area contributed by atoms with Crippen molar-refractivity contribution in [1.82, 2.24) is 0 Å². The first-order valence-electron chi connectivity index (χ1n) is 5.79. The molecule has 1 rings (SSSR count). The third-order valence-electron chi connectivity index (χ3n) is 2.92. The van der Waals surface area contributed by atoms with Gasteiger partial charge in [0.25, 0.3) is 0 Å². The number of methoxy groups -OCH3 is 2. The molecule has 0 aliphatic heterocycles. The van der Waals surface area contributed by atoms with Gasteiger partial charge >= 0.3 is 5.97 Å². The van der Waals surface area contributed by atoms with Crippen LogP contribution in [-0.2, 0) is 22.6 Å². The van der Waals surface area contributed by atoms with Crippen LogP contribution < -0.4 is 4.74 Å². The van der Waals surface area contributed by atoms with Gasteiger partial charge in [-0.15, -0.1) is 0 Å². The highest BCUT2D eigenvalue weighted by Gasteiger charge is 2.28. The van der Waals surface area contributed by atoms with Gasteiger partial charge in [0, 0.05) is 7.11 Å². The van der Waals surface area contributed by atoms with Crippen LogP contribution in [0.1, 0.15) is 25.0 Å². The highest BCUT2D eigenvalue weighted by molar-refractivity contribution is 5.74. The van der Waals surface area contributed by atoms with E-state index in [1.165, 1.54) is 0 Å². The van der Waals surface area contributed by atoms with E-state index in [4.69, 9.17) is 14.6 Å². The molecule has 0 aliphatic carbocycles. The highest BCUT2D eigenvalue weighted by atomic mass is 16.5. The van der Waals surface area contributed by atoms with Crippen LogP contribution >= 0.6 is 0 Å². The zero-order chi connectivity index (χ0) is 13.8. The lowest BCUT2D eigenvalue weighted by Crippen LogP contribution is -2.26. The maximum absolute atomic E-state index is 11.2. The Labute approximate surface area is 108 Å². The zero-order valence-corrected chi connectivity index (χ0v) is 11.3. The minimum atomic E-state index is -0.804. The van der Waals surface area contributed by atoms with Crippen molar-refractivity contribution in [1.29, 1.82) is 0 Å². The normalized spacial score (nSPS) is 11.3. The predicted molar refractivity (Wildman–Crippen MR) is 68.8 cm³/mol. The van der Waals surface area contributed by atoms with Crippen LogP contribution in [-0.4, -0.2) is 25.3 Å². The Balaban J connectivity index is 3.04. The summed E-state index contributed by atoms with van der Waals surface area (Å²) in [4.78, 5) is 11.2. The molecule has 0 bridgehead atoms. The molecular weight excluding hydrogens is 232 g/mol. The molecule has 0 saturated heterocycles. The average molecular weight is 252 g/mol. The first kappa shape index (κ1) is 14.5. The van der Waals surface area contributed by atoms with Gasteiger partial charge in [0.05, 0.1) is 19.1 Å². The van der Waals surface area contributed by atoms with Crippen LogP contribution in [0.2, 0.25) is 0 Å². The average Bonchev–Trinajstić information content (AvgIpc) is 2.31. The summed E-state index contributed by atoms with van der Waals surface area (Å²) in [6.07, 6.45) is 0.463. The van der Waals surface area contributed by atoms with Crippen molar-refractivity contribution in [3.63, 3.8) is 0 Å². The van der Waals surface area contributed by atoms with Crippen molar-refractivity contribution in [2.75, 3.05) is 14.2 Å². The van der Waals surface area contributed by atoms with E-state index < -0.39 is 11.4 Å². The molecule has 0 fully saturated rings. The topological polar surface area (TPSA) is 55.8 Å². The van der Waals surface area contributed by atoms with Crippen LogP contribution in [0.25, 0.3) is 0 Å². The van der Waals surface area contributed by atoms with Gasteiger partial charge < -0.3 is 14.6 Å². The molecule has 4 nitrogen and oxygen atoms in total. The molecule has 0 spiro atoms. The molecule has 0 heterocycles. The molecule has 1 aromatic rings. The van der Waals surface area contributed by atoms with Crippen LogP contribution in [0.3, 0.4) is 0 Å². The van der Waals surface area contributed by atoms with Crippen molar-refractivity contribution in [3.05, 3.63) is 29.3 Å². The minimum absolute atomic E-state index is 0.447. The molecule has 0 aliphatic rings. The molecule has 0 amide bonds. The monoisotopic (exact) mass is 252 g/mol. The number of benzene rings is 1. The van der Waals surface area contributed by atoms with E-state index in [0.29, 0.717) is 13.0 Å². The van der Waals surface area contributed by atoms with Gasteiger partial charge in [-0.1, -0.05) is 6.07 Å². The maximum atomic E-state index is 11.2. The highest BCUT2D eigenvalue weighted by Crippen LogP contribution is 2.27. The summed E-state index contributed by atoms with van der Waals surface area (Å²) in [7, 11) is 3.22. The second-order valence-corrected chi connectivity index (χ2v) is 4.93.